The molecule has 0 saturated heterocycles. The molecule has 94 valence electrons. The number of carboxylic acid groups (broad SMARTS) is 1. The molecule has 0 spiro atoms. The van der Waals surface area contributed by atoms with Gasteiger partial charge in [-0.15, -0.1) is 0 Å². The summed E-state index contributed by atoms with van der Waals surface area (Å²) in [6.45, 7) is 0. The van der Waals surface area contributed by atoms with E-state index >= 15 is 0 Å². The summed E-state index contributed by atoms with van der Waals surface area (Å²) in [5.41, 5.74) is 0.0567. The van der Waals surface area contributed by atoms with Crippen LogP contribution in [-0.2, 0) is 0 Å². The van der Waals surface area contributed by atoms with Gasteiger partial charge in [-0.25, -0.2) is 14.8 Å². The molecule has 0 aliphatic heterocycles. The van der Waals surface area contributed by atoms with Gasteiger partial charge in [0, 0.05) is 12.2 Å². The first kappa shape index (κ1) is 10.3. The van der Waals surface area contributed by atoms with E-state index in [1.54, 1.807) is 0 Å². The van der Waals surface area contributed by atoms with E-state index in [1.807, 2.05) is 0 Å². The van der Waals surface area contributed by atoms with E-state index < -0.39 is 5.97 Å². The first-order valence-corrected chi connectivity index (χ1v) is 6.57. The molecule has 5 nitrogen and oxygen atoms in total. The molecule has 4 atom stereocenters. The van der Waals surface area contributed by atoms with Crippen molar-refractivity contribution in [1.29, 1.82) is 0 Å². The zero-order valence-corrected chi connectivity index (χ0v) is 9.91. The van der Waals surface area contributed by atoms with E-state index in [9.17, 15) is 4.79 Å². The normalized spacial score (nSPS) is 39.4. The summed E-state index contributed by atoms with van der Waals surface area (Å²) in [7, 11) is 0. The van der Waals surface area contributed by atoms with Gasteiger partial charge in [0.05, 0.1) is 0 Å². The molecule has 1 aromatic rings. The molecule has 1 heterocycles. The van der Waals surface area contributed by atoms with Crippen molar-refractivity contribution < 1.29 is 9.90 Å². The number of aromatic nitrogens is 2. The second kappa shape index (κ2) is 3.43. The molecule has 3 fully saturated rings. The standard InChI is InChI=1S/C13H15N3O2/c17-12(18)8-3-4-14-13(15-8)16-11-9-6-1-2-7(5-6)10(9)11/h3-4,6-7,9-11H,1-2,5H2,(H,17,18)(H,14,15,16). The van der Waals surface area contributed by atoms with E-state index in [1.165, 1.54) is 31.5 Å². The molecule has 4 unspecified atom stereocenters. The predicted molar refractivity (Wildman–Crippen MR) is 64.2 cm³/mol. The van der Waals surface area contributed by atoms with E-state index in [0.717, 1.165) is 23.7 Å². The second-order valence-electron chi connectivity index (χ2n) is 5.73. The van der Waals surface area contributed by atoms with E-state index in [0.29, 0.717) is 12.0 Å². The van der Waals surface area contributed by atoms with Crippen molar-refractivity contribution in [2.24, 2.45) is 23.7 Å². The monoisotopic (exact) mass is 245 g/mol. The fourth-order valence-corrected chi connectivity index (χ4v) is 4.21. The van der Waals surface area contributed by atoms with E-state index in [-0.39, 0.29) is 5.69 Å². The van der Waals surface area contributed by atoms with Crippen LogP contribution >= 0.6 is 0 Å². The van der Waals surface area contributed by atoms with Crippen LogP contribution in [0.4, 0.5) is 5.95 Å². The Bertz CT molecular complexity index is 503. The molecule has 2 bridgehead atoms. The van der Waals surface area contributed by atoms with Crippen molar-refractivity contribution in [3.8, 4) is 0 Å². The number of carbonyl (C=O) groups is 1. The number of hydrogen-bond acceptors (Lipinski definition) is 4. The Kier molecular flexibility index (Phi) is 1.96. The lowest BCUT2D eigenvalue weighted by molar-refractivity contribution is 0.0690. The van der Waals surface area contributed by atoms with Crippen LogP contribution in [0.25, 0.3) is 0 Å². The maximum absolute atomic E-state index is 10.8. The van der Waals surface area contributed by atoms with Crippen molar-refractivity contribution in [3.63, 3.8) is 0 Å². The smallest absolute Gasteiger partial charge is 0.354 e. The zero-order chi connectivity index (χ0) is 12.3. The highest BCUT2D eigenvalue weighted by atomic mass is 16.4. The summed E-state index contributed by atoms with van der Waals surface area (Å²) >= 11 is 0. The van der Waals surface area contributed by atoms with Gasteiger partial charge in [-0.1, -0.05) is 0 Å². The van der Waals surface area contributed by atoms with Crippen LogP contribution in [0.2, 0.25) is 0 Å². The van der Waals surface area contributed by atoms with Gasteiger partial charge in [-0.05, 0) is 49.0 Å². The van der Waals surface area contributed by atoms with Crippen LogP contribution in [0.1, 0.15) is 29.8 Å². The quantitative estimate of drug-likeness (QED) is 0.846. The number of aromatic carboxylic acids is 1. The number of anilines is 1. The Morgan fingerprint density at radius 3 is 2.72 bits per heavy atom. The number of fused-ring (bicyclic) bond motifs is 5. The third-order valence-electron chi connectivity index (χ3n) is 4.91. The molecule has 4 rings (SSSR count). The first-order valence-electron chi connectivity index (χ1n) is 6.57. The molecular weight excluding hydrogens is 230 g/mol. The van der Waals surface area contributed by atoms with Gasteiger partial charge in [0.2, 0.25) is 5.95 Å². The molecule has 18 heavy (non-hydrogen) atoms. The molecule has 0 amide bonds. The molecule has 0 radical (unpaired) electrons. The summed E-state index contributed by atoms with van der Waals surface area (Å²) in [6, 6.07) is 1.91. The molecule has 3 aliphatic carbocycles. The lowest BCUT2D eigenvalue weighted by atomic mass is 10.0. The van der Waals surface area contributed by atoms with Crippen molar-refractivity contribution in [1.82, 2.24) is 9.97 Å². The highest BCUT2D eigenvalue weighted by molar-refractivity contribution is 5.85. The number of carboxylic acids is 1. The fourth-order valence-electron chi connectivity index (χ4n) is 4.21. The van der Waals surface area contributed by atoms with Crippen molar-refractivity contribution in [3.05, 3.63) is 18.0 Å². The lowest BCUT2D eigenvalue weighted by Gasteiger charge is -2.10. The number of nitrogens with zero attached hydrogens (tertiary/aromatic N) is 2. The van der Waals surface area contributed by atoms with Gasteiger partial charge < -0.3 is 10.4 Å². The van der Waals surface area contributed by atoms with E-state index in [2.05, 4.69) is 15.3 Å². The van der Waals surface area contributed by atoms with Crippen LogP contribution in [0.15, 0.2) is 12.3 Å². The van der Waals surface area contributed by atoms with Crippen LogP contribution < -0.4 is 5.32 Å². The number of hydrogen-bond donors (Lipinski definition) is 2. The summed E-state index contributed by atoms with van der Waals surface area (Å²) in [4.78, 5) is 19.0. The molecule has 5 heteroatoms. The highest BCUT2D eigenvalue weighted by Crippen LogP contribution is 2.66. The Morgan fingerprint density at radius 2 is 2.06 bits per heavy atom. The largest absolute Gasteiger partial charge is 0.477 e. The Balaban J connectivity index is 1.50. The molecule has 3 saturated carbocycles. The SMILES string of the molecule is O=C(O)c1ccnc(NC2C3C4CCC(C4)C23)n1. The maximum Gasteiger partial charge on any atom is 0.354 e. The van der Waals surface area contributed by atoms with Crippen LogP contribution in [0.5, 0.6) is 0 Å². The van der Waals surface area contributed by atoms with Crippen molar-refractivity contribution >= 4 is 11.9 Å². The molecule has 0 aromatic carbocycles. The fraction of sp³-hybridized carbons (Fsp3) is 0.615. The summed E-state index contributed by atoms with van der Waals surface area (Å²) in [5.74, 6) is 2.83. The number of nitrogens with one attached hydrogen (secondary N) is 1. The minimum atomic E-state index is -1.00. The average molecular weight is 245 g/mol. The van der Waals surface area contributed by atoms with Crippen LogP contribution in [-0.4, -0.2) is 27.1 Å². The zero-order valence-electron chi connectivity index (χ0n) is 9.91. The summed E-state index contributed by atoms with van der Waals surface area (Å²) in [6.07, 6.45) is 5.66. The number of rotatable bonds is 3. The van der Waals surface area contributed by atoms with Gasteiger partial charge in [0.25, 0.3) is 0 Å². The van der Waals surface area contributed by atoms with Crippen molar-refractivity contribution in [2.45, 2.75) is 25.3 Å². The Labute approximate surface area is 105 Å². The predicted octanol–water partition coefficient (Wildman–Crippen LogP) is 1.63. The van der Waals surface area contributed by atoms with Gasteiger partial charge in [-0.3, -0.25) is 0 Å². The third kappa shape index (κ3) is 1.36. The van der Waals surface area contributed by atoms with Crippen LogP contribution in [0, 0.1) is 23.7 Å². The van der Waals surface area contributed by atoms with Gasteiger partial charge in [-0.2, -0.15) is 0 Å². The summed E-state index contributed by atoms with van der Waals surface area (Å²) < 4.78 is 0. The van der Waals surface area contributed by atoms with Gasteiger partial charge in [0.15, 0.2) is 5.69 Å². The van der Waals surface area contributed by atoms with Gasteiger partial charge >= 0.3 is 5.97 Å². The Hall–Kier alpha value is -1.65. The molecule has 1 aromatic heterocycles. The lowest BCUT2D eigenvalue weighted by Crippen LogP contribution is -2.15. The first-order chi connectivity index (χ1) is 8.74. The highest BCUT2D eigenvalue weighted by Gasteiger charge is 2.65. The topological polar surface area (TPSA) is 75.1 Å². The van der Waals surface area contributed by atoms with Gasteiger partial charge in [0.1, 0.15) is 0 Å². The molecule has 3 aliphatic rings. The van der Waals surface area contributed by atoms with E-state index in [4.69, 9.17) is 5.11 Å². The Morgan fingerprint density at radius 1 is 1.33 bits per heavy atom. The summed E-state index contributed by atoms with van der Waals surface area (Å²) in [5, 5.41) is 12.2. The second-order valence-corrected chi connectivity index (χ2v) is 5.73. The van der Waals surface area contributed by atoms with Crippen molar-refractivity contribution in [2.75, 3.05) is 5.32 Å². The maximum atomic E-state index is 10.8. The minimum absolute atomic E-state index is 0.0567. The van der Waals surface area contributed by atoms with Crippen LogP contribution in [0.3, 0.4) is 0 Å². The minimum Gasteiger partial charge on any atom is -0.477 e. The molecule has 2 N–H and O–H groups in total. The average Bonchev–Trinajstić information content (AvgIpc) is 2.77. The third-order valence-corrected chi connectivity index (χ3v) is 4.91. The molecular formula is C13H15N3O2.